The van der Waals surface area contributed by atoms with Crippen LogP contribution in [0, 0.1) is 0 Å². The van der Waals surface area contributed by atoms with Crippen molar-refractivity contribution < 1.29 is 5.11 Å². The molecule has 0 aliphatic heterocycles. The van der Waals surface area contributed by atoms with E-state index in [1.54, 1.807) is 18.2 Å². The van der Waals surface area contributed by atoms with Crippen molar-refractivity contribution in [3.8, 4) is 16.9 Å². The van der Waals surface area contributed by atoms with Crippen LogP contribution in [0.5, 0.6) is 5.75 Å². The summed E-state index contributed by atoms with van der Waals surface area (Å²) in [5.74, 6) is -0.122. The predicted molar refractivity (Wildman–Crippen MR) is 71.4 cm³/mol. The number of pyridine rings is 1. The molecule has 0 fully saturated rings. The molecule has 0 unspecified atom stereocenters. The molecule has 2 aromatic rings. The van der Waals surface area contributed by atoms with Crippen molar-refractivity contribution >= 4 is 46.4 Å². The number of benzene rings is 1. The van der Waals surface area contributed by atoms with Crippen LogP contribution in [0.25, 0.3) is 11.1 Å². The van der Waals surface area contributed by atoms with Gasteiger partial charge in [-0.15, -0.1) is 0 Å². The first-order chi connectivity index (χ1) is 8.00. The van der Waals surface area contributed by atoms with Crippen molar-refractivity contribution in [3.63, 3.8) is 0 Å². The summed E-state index contributed by atoms with van der Waals surface area (Å²) in [6, 6.07) is 4.80. The van der Waals surface area contributed by atoms with Gasteiger partial charge in [0.25, 0.3) is 0 Å². The van der Waals surface area contributed by atoms with Crippen molar-refractivity contribution in [1.82, 2.24) is 4.98 Å². The molecule has 17 heavy (non-hydrogen) atoms. The van der Waals surface area contributed by atoms with Crippen LogP contribution < -0.4 is 0 Å². The summed E-state index contributed by atoms with van der Waals surface area (Å²) in [5, 5.41) is 10.7. The van der Waals surface area contributed by atoms with Gasteiger partial charge in [0.05, 0.1) is 15.1 Å². The molecule has 1 aromatic heterocycles. The summed E-state index contributed by atoms with van der Waals surface area (Å²) in [4.78, 5) is 3.75. The van der Waals surface area contributed by atoms with Gasteiger partial charge in [0.2, 0.25) is 0 Å². The number of halogens is 4. The van der Waals surface area contributed by atoms with Crippen molar-refractivity contribution in [2.45, 2.75) is 0 Å². The molecular weight excluding hydrogens is 304 g/mol. The average Bonchev–Trinajstić information content (AvgIpc) is 2.29. The van der Waals surface area contributed by atoms with Gasteiger partial charge in [0.15, 0.2) is 10.9 Å². The lowest BCUT2D eigenvalue weighted by Crippen LogP contribution is -1.84. The maximum atomic E-state index is 9.79. The second kappa shape index (κ2) is 4.91. The minimum absolute atomic E-state index is 0.0182. The van der Waals surface area contributed by atoms with E-state index in [9.17, 15) is 5.11 Å². The molecule has 2 nitrogen and oxygen atoms in total. The number of rotatable bonds is 1. The standard InChI is InChI=1S/C11H5Cl4NO/c12-7-3-5(4-8(13)9(7)14)6-1-2-16-11(15)10(6)17/h1-4,17H. The van der Waals surface area contributed by atoms with Gasteiger partial charge in [-0.05, 0) is 23.8 Å². The van der Waals surface area contributed by atoms with Crippen LogP contribution in [0.3, 0.4) is 0 Å². The lowest BCUT2D eigenvalue weighted by atomic mass is 10.1. The Bertz CT molecular complexity index is 563. The first kappa shape index (κ1) is 12.8. The maximum absolute atomic E-state index is 9.79. The second-order valence-electron chi connectivity index (χ2n) is 3.25. The Kier molecular flexibility index (Phi) is 3.69. The molecule has 88 valence electrons. The third-order valence-corrected chi connectivity index (χ3v) is 3.65. The Morgan fingerprint density at radius 2 is 1.59 bits per heavy atom. The summed E-state index contributed by atoms with van der Waals surface area (Å²) < 4.78 is 0. The second-order valence-corrected chi connectivity index (χ2v) is 4.80. The molecule has 0 atom stereocenters. The number of aromatic hydroxyl groups is 1. The average molecular weight is 309 g/mol. The molecule has 0 aliphatic carbocycles. The van der Waals surface area contributed by atoms with Gasteiger partial charge in [-0.2, -0.15) is 0 Å². The highest BCUT2D eigenvalue weighted by Crippen LogP contribution is 2.39. The highest BCUT2D eigenvalue weighted by Gasteiger charge is 2.12. The van der Waals surface area contributed by atoms with E-state index in [1.165, 1.54) is 6.20 Å². The van der Waals surface area contributed by atoms with E-state index in [-0.39, 0.29) is 15.9 Å². The minimum atomic E-state index is -0.122. The molecule has 0 amide bonds. The smallest absolute Gasteiger partial charge is 0.171 e. The van der Waals surface area contributed by atoms with Crippen LogP contribution >= 0.6 is 46.4 Å². The van der Waals surface area contributed by atoms with Gasteiger partial charge < -0.3 is 5.11 Å². The summed E-state index contributed by atoms with van der Waals surface area (Å²) in [7, 11) is 0. The zero-order valence-corrected chi connectivity index (χ0v) is 11.2. The first-order valence-corrected chi connectivity index (χ1v) is 6.00. The van der Waals surface area contributed by atoms with E-state index >= 15 is 0 Å². The van der Waals surface area contributed by atoms with Gasteiger partial charge in [0, 0.05) is 11.8 Å². The van der Waals surface area contributed by atoms with E-state index in [0.717, 1.165) is 0 Å². The summed E-state index contributed by atoms with van der Waals surface area (Å²) in [6.45, 7) is 0. The molecule has 1 heterocycles. The zero-order valence-electron chi connectivity index (χ0n) is 8.22. The Morgan fingerprint density at radius 1 is 1.00 bits per heavy atom. The molecule has 2 rings (SSSR count). The van der Waals surface area contributed by atoms with Crippen LogP contribution in [0.2, 0.25) is 20.2 Å². The third-order valence-electron chi connectivity index (χ3n) is 2.17. The van der Waals surface area contributed by atoms with E-state index < -0.39 is 0 Å². The molecule has 0 spiro atoms. The van der Waals surface area contributed by atoms with E-state index in [0.29, 0.717) is 21.2 Å². The number of nitrogens with zero attached hydrogens (tertiary/aromatic N) is 1. The Labute approximate surface area is 118 Å². The van der Waals surface area contributed by atoms with Crippen LogP contribution in [0.15, 0.2) is 24.4 Å². The molecule has 6 heteroatoms. The Hall–Kier alpha value is -0.670. The lowest BCUT2D eigenvalue weighted by Gasteiger charge is -2.08. The summed E-state index contributed by atoms with van der Waals surface area (Å²) in [5.41, 5.74) is 1.11. The predicted octanol–water partition coefficient (Wildman–Crippen LogP) is 5.07. The first-order valence-electron chi connectivity index (χ1n) is 4.49. The fourth-order valence-electron chi connectivity index (χ4n) is 1.37. The van der Waals surface area contributed by atoms with Crippen molar-refractivity contribution in [2.24, 2.45) is 0 Å². The van der Waals surface area contributed by atoms with Crippen LogP contribution in [-0.2, 0) is 0 Å². The van der Waals surface area contributed by atoms with Crippen LogP contribution in [-0.4, -0.2) is 10.1 Å². The fraction of sp³-hybridized carbons (Fsp3) is 0. The molecule has 0 saturated carbocycles. The van der Waals surface area contributed by atoms with Gasteiger partial charge in [0.1, 0.15) is 0 Å². The SMILES string of the molecule is Oc1c(-c2cc(Cl)c(Cl)c(Cl)c2)ccnc1Cl. The Morgan fingerprint density at radius 3 is 2.18 bits per heavy atom. The summed E-state index contributed by atoms with van der Waals surface area (Å²) >= 11 is 23.4. The molecule has 0 aliphatic rings. The Balaban J connectivity index is 2.65. The normalized spacial score (nSPS) is 10.6. The zero-order chi connectivity index (χ0) is 12.6. The van der Waals surface area contributed by atoms with Crippen molar-refractivity contribution in [2.75, 3.05) is 0 Å². The van der Waals surface area contributed by atoms with E-state index in [2.05, 4.69) is 4.98 Å². The quantitative estimate of drug-likeness (QED) is 0.589. The highest BCUT2D eigenvalue weighted by atomic mass is 35.5. The number of aromatic nitrogens is 1. The maximum Gasteiger partial charge on any atom is 0.171 e. The largest absolute Gasteiger partial charge is 0.504 e. The molecule has 0 saturated heterocycles. The monoisotopic (exact) mass is 307 g/mol. The van der Waals surface area contributed by atoms with Gasteiger partial charge in [-0.1, -0.05) is 46.4 Å². The molecule has 0 bridgehead atoms. The van der Waals surface area contributed by atoms with Crippen LogP contribution in [0.1, 0.15) is 0 Å². The van der Waals surface area contributed by atoms with Gasteiger partial charge in [-0.3, -0.25) is 0 Å². The minimum Gasteiger partial charge on any atom is -0.504 e. The third kappa shape index (κ3) is 2.45. The topological polar surface area (TPSA) is 33.1 Å². The molecule has 0 radical (unpaired) electrons. The van der Waals surface area contributed by atoms with Crippen molar-refractivity contribution in [1.29, 1.82) is 0 Å². The van der Waals surface area contributed by atoms with Gasteiger partial charge >= 0.3 is 0 Å². The molecular formula is C11H5Cl4NO. The summed E-state index contributed by atoms with van der Waals surface area (Å²) in [6.07, 6.45) is 1.48. The number of hydrogen-bond donors (Lipinski definition) is 1. The van der Waals surface area contributed by atoms with E-state index in [4.69, 9.17) is 46.4 Å². The van der Waals surface area contributed by atoms with Crippen molar-refractivity contribution in [3.05, 3.63) is 44.6 Å². The van der Waals surface area contributed by atoms with E-state index in [1.807, 2.05) is 0 Å². The lowest BCUT2D eigenvalue weighted by molar-refractivity contribution is 0.475. The van der Waals surface area contributed by atoms with Gasteiger partial charge in [-0.25, -0.2) is 4.98 Å². The highest BCUT2D eigenvalue weighted by molar-refractivity contribution is 6.48. The van der Waals surface area contributed by atoms with Crippen LogP contribution in [0.4, 0.5) is 0 Å². The molecule has 1 aromatic carbocycles. The fourth-order valence-corrected chi connectivity index (χ4v) is 2.13. The number of hydrogen-bond acceptors (Lipinski definition) is 2. The molecule has 1 N–H and O–H groups in total.